The van der Waals surface area contributed by atoms with E-state index in [4.69, 9.17) is 0 Å². The minimum absolute atomic E-state index is 0.00890. The minimum atomic E-state index is 0.00890. The van der Waals surface area contributed by atoms with Crippen LogP contribution in [-0.4, -0.2) is 41.6 Å². The lowest BCUT2D eigenvalue weighted by Gasteiger charge is -2.33. The van der Waals surface area contributed by atoms with Crippen LogP contribution in [0, 0.1) is 0 Å². The van der Waals surface area contributed by atoms with Gasteiger partial charge in [-0.2, -0.15) is 5.10 Å². The molecule has 0 bridgehead atoms. The van der Waals surface area contributed by atoms with Crippen LogP contribution in [0.5, 0.6) is 0 Å². The van der Waals surface area contributed by atoms with Crippen LogP contribution in [0.3, 0.4) is 0 Å². The van der Waals surface area contributed by atoms with Crippen LogP contribution >= 0.6 is 0 Å². The molecule has 0 saturated carbocycles. The van der Waals surface area contributed by atoms with E-state index in [9.17, 15) is 4.79 Å². The van der Waals surface area contributed by atoms with Gasteiger partial charge in [-0.3, -0.25) is 4.79 Å². The molecule has 0 unspecified atom stereocenters. The number of carbonyl (C=O) groups is 1. The zero-order valence-corrected chi connectivity index (χ0v) is 14.9. The van der Waals surface area contributed by atoms with Crippen molar-refractivity contribution in [3.63, 3.8) is 0 Å². The first-order valence-electron chi connectivity index (χ1n) is 9.03. The van der Waals surface area contributed by atoms with Crippen molar-refractivity contribution in [2.24, 2.45) is 0 Å². The smallest absolute Gasteiger partial charge is 0.230 e. The highest BCUT2D eigenvalue weighted by Gasteiger charge is 2.31. The van der Waals surface area contributed by atoms with Crippen molar-refractivity contribution in [1.82, 2.24) is 15.1 Å². The Morgan fingerprint density at radius 1 is 1.16 bits per heavy atom. The summed E-state index contributed by atoms with van der Waals surface area (Å²) in [4.78, 5) is 17.2. The topological polar surface area (TPSA) is 49.3 Å². The number of aromatic nitrogens is 2. The first-order chi connectivity index (χ1) is 12.1. The number of benzene rings is 1. The van der Waals surface area contributed by atoms with E-state index in [2.05, 4.69) is 40.5 Å². The predicted molar refractivity (Wildman–Crippen MR) is 97.6 cm³/mol. The second kappa shape index (κ2) is 6.47. The second-order valence-corrected chi connectivity index (χ2v) is 7.22. The average Bonchev–Trinajstić information content (AvgIpc) is 2.66. The Morgan fingerprint density at radius 2 is 2.00 bits per heavy atom. The number of hydrogen-bond acceptors (Lipinski definition) is 4. The molecule has 0 saturated heterocycles. The Labute approximate surface area is 148 Å². The molecule has 1 aromatic carbocycles. The van der Waals surface area contributed by atoms with Gasteiger partial charge in [-0.05, 0) is 42.0 Å². The lowest BCUT2D eigenvalue weighted by molar-refractivity contribution is -0.134. The van der Waals surface area contributed by atoms with Crippen LogP contribution in [0.15, 0.2) is 30.3 Å². The quantitative estimate of drug-likeness (QED) is 0.846. The fraction of sp³-hybridized carbons (Fsp3) is 0.450. The molecule has 1 amide bonds. The lowest BCUT2D eigenvalue weighted by Crippen LogP contribution is -2.40. The zero-order valence-electron chi connectivity index (χ0n) is 14.9. The molecule has 5 heteroatoms. The molecule has 1 aliphatic heterocycles. The summed E-state index contributed by atoms with van der Waals surface area (Å²) in [6.07, 6.45) is 3.92. The average molecular weight is 336 g/mol. The summed E-state index contributed by atoms with van der Waals surface area (Å²) in [7, 11) is 3.92. The van der Waals surface area contributed by atoms with E-state index in [0.717, 1.165) is 49.3 Å². The summed E-state index contributed by atoms with van der Waals surface area (Å²) in [6, 6.07) is 10.5. The highest BCUT2D eigenvalue weighted by atomic mass is 16.2. The van der Waals surface area contributed by atoms with Gasteiger partial charge in [0, 0.05) is 33.6 Å². The molecule has 0 fully saturated rings. The standard InChI is InChI=1S/C20H24N4O/c1-23(2)19-12-15-13-24(11-10-18(15)21-22-19)20(25)17-9-5-7-14-6-3-4-8-16(14)17/h3-4,6,8,12,17H,5,7,9-11,13H2,1-2H3/t17-/m1/s1. The van der Waals surface area contributed by atoms with E-state index in [1.807, 2.05) is 23.9 Å². The molecular weight excluding hydrogens is 312 g/mol. The third-order valence-electron chi connectivity index (χ3n) is 5.36. The molecule has 0 spiro atoms. The van der Waals surface area contributed by atoms with Crippen molar-refractivity contribution < 1.29 is 4.79 Å². The molecule has 4 rings (SSSR count). The number of rotatable bonds is 2. The third kappa shape index (κ3) is 2.99. The van der Waals surface area contributed by atoms with Gasteiger partial charge in [0.15, 0.2) is 5.82 Å². The Bertz CT molecular complexity index is 802. The van der Waals surface area contributed by atoms with Gasteiger partial charge in [0.05, 0.1) is 11.6 Å². The van der Waals surface area contributed by atoms with Crippen molar-refractivity contribution >= 4 is 11.7 Å². The predicted octanol–water partition coefficient (Wildman–Crippen LogP) is 2.55. The molecule has 2 aromatic rings. The maximum atomic E-state index is 13.2. The van der Waals surface area contributed by atoms with Crippen LogP contribution in [0.4, 0.5) is 5.82 Å². The number of aryl methyl sites for hydroxylation is 1. The number of nitrogens with zero attached hydrogens (tertiary/aromatic N) is 4. The number of amides is 1. The van der Waals surface area contributed by atoms with Gasteiger partial charge in [0.2, 0.25) is 5.91 Å². The number of anilines is 1. The van der Waals surface area contributed by atoms with Crippen molar-refractivity contribution in [3.8, 4) is 0 Å². The van der Waals surface area contributed by atoms with Gasteiger partial charge in [0.1, 0.15) is 0 Å². The van der Waals surface area contributed by atoms with Gasteiger partial charge in [-0.25, -0.2) is 0 Å². The van der Waals surface area contributed by atoms with Crippen molar-refractivity contribution in [2.45, 2.75) is 38.1 Å². The van der Waals surface area contributed by atoms with Crippen molar-refractivity contribution in [2.75, 3.05) is 25.5 Å². The number of hydrogen-bond donors (Lipinski definition) is 0. The summed E-state index contributed by atoms with van der Waals surface area (Å²) in [5.41, 5.74) is 4.72. The lowest BCUT2D eigenvalue weighted by atomic mass is 9.82. The van der Waals surface area contributed by atoms with Crippen molar-refractivity contribution in [3.05, 3.63) is 52.7 Å². The van der Waals surface area contributed by atoms with Gasteiger partial charge >= 0.3 is 0 Å². The largest absolute Gasteiger partial charge is 0.361 e. The van der Waals surface area contributed by atoms with E-state index >= 15 is 0 Å². The van der Waals surface area contributed by atoms with Gasteiger partial charge in [-0.1, -0.05) is 24.3 Å². The van der Waals surface area contributed by atoms with Crippen LogP contribution in [0.1, 0.15) is 41.1 Å². The van der Waals surface area contributed by atoms with E-state index in [-0.39, 0.29) is 11.8 Å². The molecule has 1 atom stereocenters. The molecule has 5 nitrogen and oxygen atoms in total. The maximum Gasteiger partial charge on any atom is 0.230 e. The molecule has 1 aliphatic carbocycles. The Balaban J connectivity index is 1.58. The number of carbonyl (C=O) groups excluding carboxylic acids is 1. The van der Waals surface area contributed by atoms with Gasteiger partial charge in [0.25, 0.3) is 0 Å². The molecule has 0 N–H and O–H groups in total. The summed E-state index contributed by atoms with van der Waals surface area (Å²) >= 11 is 0. The highest BCUT2D eigenvalue weighted by molar-refractivity contribution is 5.84. The summed E-state index contributed by atoms with van der Waals surface area (Å²) < 4.78 is 0. The van der Waals surface area contributed by atoms with E-state index in [1.54, 1.807) is 0 Å². The fourth-order valence-corrected chi connectivity index (χ4v) is 3.95. The molecule has 130 valence electrons. The molecule has 2 aliphatic rings. The van der Waals surface area contributed by atoms with E-state index < -0.39 is 0 Å². The molecule has 25 heavy (non-hydrogen) atoms. The second-order valence-electron chi connectivity index (χ2n) is 7.22. The first kappa shape index (κ1) is 16.1. The van der Waals surface area contributed by atoms with E-state index in [0.29, 0.717) is 6.54 Å². The monoisotopic (exact) mass is 336 g/mol. The molecular formula is C20H24N4O. The zero-order chi connectivity index (χ0) is 17.4. The van der Waals surface area contributed by atoms with Gasteiger partial charge < -0.3 is 9.80 Å². The SMILES string of the molecule is CN(C)c1cc2c(nn1)CCN(C(=O)[C@@H]1CCCc3ccccc31)C2. The Morgan fingerprint density at radius 3 is 2.84 bits per heavy atom. The maximum absolute atomic E-state index is 13.2. The molecule has 2 heterocycles. The van der Waals surface area contributed by atoms with Crippen LogP contribution in [0.25, 0.3) is 0 Å². The minimum Gasteiger partial charge on any atom is -0.361 e. The Hall–Kier alpha value is -2.43. The first-order valence-corrected chi connectivity index (χ1v) is 9.03. The van der Waals surface area contributed by atoms with Crippen LogP contribution in [0.2, 0.25) is 0 Å². The normalized spacial score (nSPS) is 19.1. The van der Waals surface area contributed by atoms with Crippen LogP contribution < -0.4 is 4.90 Å². The fourth-order valence-electron chi connectivity index (χ4n) is 3.95. The van der Waals surface area contributed by atoms with E-state index in [1.165, 1.54) is 11.1 Å². The van der Waals surface area contributed by atoms with Crippen LogP contribution in [-0.2, 0) is 24.2 Å². The molecule has 0 radical (unpaired) electrons. The summed E-state index contributed by atoms with van der Waals surface area (Å²) in [6.45, 7) is 1.38. The van der Waals surface area contributed by atoms with Crippen molar-refractivity contribution in [1.29, 1.82) is 0 Å². The highest BCUT2D eigenvalue weighted by Crippen LogP contribution is 2.34. The third-order valence-corrected chi connectivity index (χ3v) is 5.36. The summed E-state index contributed by atoms with van der Waals surface area (Å²) in [5.74, 6) is 1.12. The summed E-state index contributed by atoms with van der Waals surface area (Å²) in [5, 5.41) is 8.61. The number of fused-ring (bicyclic) bond motifs is 2. The Kier molecular flexibility index (Phi) is 4.15. The van der Waals surface area contributed by atoms with Gasteiger partial charge in [-0.15, -0.1) is 5.10 Å². The molecule has 1 aromatic heterocycles.